The number of carbonyl (C=O) groups is 2. The van der Waals surface area contributed by atoms with Crippen LogP contribution < -0.4 is 5.32 Å². The van der Waals surface area contributed by atoms with Gasteiger partial charge in [-0.05, 0) is 11.6 Å². The van der Waals surface area contributed by atoms with Gasteiger partial charge in [-0.1, -0.05) is 42.5 Å². The molecule has 0 spiro atoms. The molecule has 88 valence electrons. The molecule has 1 amide bonds. The predicted octanol–water partition coefficient (Wildman–Crippen LogP) is 2.31. The first kappa shape index (κ1) is 12.9. The number of hydrogen-bond acceptors (Lipinski definition) is 2. The van der Waals surface area contributed by atoms with Gasteiger partial charge < -0.3 is 5.32 Å². The van der Waals surface area contributed by atoms with E-state index in [0.717, 1.165) is 5.56 Å². The lowest BCUT2D eigenvalue weighted by atomic mass is 10.2. The normalized spacial score (nSPS) is 11.5. The van der Waals surface area contributed by atoms with Gasteiger partial charge in [-0.2, -0.15) is 0 Å². The van der Waals surface area contributed by atoms with E-state index < -0.39 is 0 Å². The zero-order valence-corrected chi connectivity index (χ0v) is 9.94. The average Bonchev–Trinajstić information content (AvgIpc) is 2.28. The van der Waals surface area contributed by atoms with Gasteiger partial charge in [0.05, 0.1) is 5.70 Å². The van der Waals surface area contributed by atoms with Gasteiger partial charge in [0, 0.05) is 13.8 Å². The molecule has 1 aromatic rings. The molecule has 0 aliphatic heterocycles. The molecule has 1 N–H and O–H groups in total. The van der Waals surface area contributed by atoms with Gasteiger partial charge in [-0.25, -0.2) is 0 Å². The number of ketones is 1. The Morgan fingerprint density at radius 1 is 1.12 bits per heavy atom. The Bertz CT molecular complexity index is 458. The summed E-state index contributed by atoms with van der Waals surface area (Å²) in [5, 5.41) is 2.49. The fraction of sp³-hybridized carbons (Fsp3) is 0.143. The maximum atomic E-state index is 11.2. The van der Waals surface area contributed by atoms with Gasteiger partial charge in [0.1, 0.15) is 0 Å². The van der Waals surface area contributed by atoms with Crippen molar-refractivity contribution in [3.63, 3.8) is 0 Å². The van der Waals surface area contributed by atoms with Crippen LogP contribution in [0.1, 0.15) is 19.4 Å². The van der Waals surface area contributed by atoms with Crippen molar-refractivity contribution in [2.24, 2.45) is 0 Å². The highest BCUT2D eigenvalue weighted by Crippen LogP contribution is 2.02. The Kier molecular flexibility index (Phi) is 4.88. The second-order valence-electron chi connectivity index (χ2n) is 3.59. The highest BCUT2D eigenvalue weighted by molar-refractivity contribution is 5.97. The molecule has 1 rings (SSSR count). The third kappa shape index (κ3) is 4.93. The zero-order valence-electron chi connectivity index (χ0n) is 9.94. The van der Waals surface area contributed by atoms with Gasteiger partial charge >= 0.3 is 0 Å². The van der Waals surface area contributed by atoms with Gasteiger partial charge in [0.25, 0.3) is 0 Å². The first-order valence-corrected chi connectivity index (χ1v) is 5.31. The number of hydrogen-bond donors (Lipinski definition) is 1. The SMILES string of the molecule is CC(=O)N/C(=C\C=C\c1ccccc1)C(C)=O. The number of benzene rings is 1. The summed E-state index contributed by atoms with van der Waals surface area (Å²) in [6.07, 6.45) is 5.20. The van der Waals surface area contributed by atoms with Crippen molar-refractivity contribution >= 4 is 17.8 Å². The lowest BCUT2D eigenvalue weighted by molar-refractivity contribution is -0.121. The van der Waals surface area contributed by atoms with E-state index in [1.165, 1.54) is 13.8 Å². The molecular weight excluding hydrogens is 214 g/mol. The summed E-state index contributed by atoms with van der Waals surface area (Å²) in [4.78, 5) is 22.1. The Balaban J connectivity index is 2.76. The number of nitrogens with one attached hydrogen (secondary N) is 1. The maximum absolute atomic E-state index is 11.2. The van der Waals surface area contributed by atoms with Crippen molar-refractivity contribution < 1.29 is 9.59 Å². The summed E-state index contributed by atoms with van der Waals surface area (Å²) in [6.45, 7) is 2.79. The van der Waals surface area contributed by atoms with Crippen LogP contribution in [-0.4, -0.2) is 11.7 Å². The van der Waals surface area contributed by atoms with Crippen LogP contribution in [0.15, 0.2) is 48.2 Å². The fourth-order valence-corrected chi connectivity index (χ4v) is 1.26. The van der Waals surface area contributed by atoms with Crippen LogP contribution in [0.2, 0.25) is 0 Å². The minimum atomic E-state index is -0.250. The second-order valence-corrected chi connectivity index (χ2v) is 3.59. The van der Waals surface area contributed by atoms with Gasteiger partial charge in [-0.3, -0.25) is 9.59 Å². The van der Waals surface area contributed by atoms with Gasteiger partial charge in [0.15, 0.2) is 5.78 Å². The minimum absolute atomic E-state index is 0.169. The smallest absolute Gasteiger partial charge is 0.221 e. The second kappa shape index (κ2) is 6.43. The zero-order chi connectivity index (χ0) is 12.7. The number of carbonyl (C=O) groups excluding carboxylic acids is 2. The average molecular weight is 229 g/mol. The van der Waals surface area contributed by atoms with E-state index in [-0.39, 0.29) is 11.7 Å². The Labute approximate surface area is 101 Å². The van der Waals surface area contributed by atoms with Gasteiger partial charge in [0.2, 0.25) is 5.91 Å². The predicted molar refractivity (Wildman–Crippen MR) is 68.1 cm³/mol. The van der Waals surface area contributed by atoms with E-state index >= 15 is 0 Å². The summed E-state index contributed by atoms with van der Waals surface area (Å²) < 4.78 is 0. The molecule has 0 aromatic heterocycles. The molecule has 0 unspecified atom stereocenters. The number of rotatable bonds is 4. The molecule has 0 aliphatic rings. The molecule has 0 aliphatic carbocycles. The molecule has 0 atom stereocenters. The third-order valence-electron chi connectivity index (χ3n) is 2.04. The molecular formula is C14H15NO2. The van der Waals surface area contributed by atoms with E-state index in [9.17, 15) is 9.59 Å². The Morgan fingerprint density at radius 3 is 2.29 bits per heavy atom. The summed E-state index contributed by atoms with van der Waals surface area (Å²) in [7, 11) is 0. The van der Waals surface area contributed by atoms with Crippen LogP contribution in [0.4, 0.5) is 0 Å². The van der Waals surface area contributed by atoms with E-state index in [4.69, 9.17) is 0 Å². The van der Waals surface area contributed by atoms with E-state index in [2.05, 4.69) is 5.32 Å². The quantitative estimate of drug-likeness (QED) is 0.636. The van der Waals surface area contributed by atoms with Crippen LogP contribution in [0.3, 0.4) is 0 Å². The van der Waals surface area contributed by atoms with Crippen LogP contribution in [0.5, 0.6) is 0 Å². The maximum Gasteiger partial charge on any atom is 0.221 e. The van der Waals surface area contributed by atoms with E-state index in [1.54, 1.807) is 12.2 Å². The monoisotopic (exact) mass is 229 g/mol. The molecule has 0 bridgehead atoms. The van der Waals surface area contributed by atoms with Crippen molar-refractivity contribution in [1.82, 2.24) is 5.32 Å². The molecule has 0 saturated heterocycles. The standard InChI is InChI=1S/C14H15NO2/c1-11(16)14(15-12(2)17)10-6-9-13-7-4-3-5-8-13/h3-10H,1-2H3,(H,15,17)/b9-6+,14-10-. The molecule has 0 saturated carbocycles. The minimum Gasteiger partial charge on any atom is -0.323 e. The number of allylic oxidation sites excluding steroid dienone is 3. The van der Waals surface area contributed by atoms with Crippen molar-refractivity contribution in [3.8, 4) is 0 Å². The Morgan fingerprint density at radius 2 is 1.76 bits per heavy atom. The molecule has 0 radical (unpaired) electrons. The van der Waals surface area contributed by atoms with Crippen molar-refractivity contribution in [2.45, 2.75) is 13.8 Å². The van der Waals surface area contributed by atoms with E-state index in [0.29, 0.717) is 5.70 Å². The summed E-state index contributed by atoms with van der Waals surface area (Å²) >= 11 is 0. The van der Waals surface area contributed by atoms with Crippen LogP contribution in [-0.2, 0) is 9.59 Å². The first-order chi connectivity index (χ1) is 8.09. The van der Waals surface area contributed by atoms with Crippen LogP contribution >= 0.6 is 0 Å². The van der Waals surface area contributed by atoms with Crippen LogP contribution in [0.25, 0.3) is 6.08 Å². The molecule has 0 fully saturated rings. The van der Waals surface area contributed by atoms with Crippen molar-refractivity contribution in [3.05, 3.63) is 53.7 Å². The van der Waals surface area contributed by atoms with Crippen LogP contribution in [0, 0.1) is 0 Å². The summed E-state index contributed by atoms with van der Waals surface area (Å²) in [5.74, 6) is -0.419. The number of amides is 1. The van der Waals surface area contributed by atoms with Crippen molar-refractivity contribution in [1.29, 1.82) is 0 Å². The largest absolute Gasteiger partial charge is 0.323 e. The molecule has 17 heavy (non-hydrogen) atoms. The third-order valence-corrected chi connectivity index (χ3v) is 2.04. The highest BCUT2D eigenvalue weighted by atomic mass is 16.2. The first-order valence-electron chi connectivity index (χ1n) is 5.31. The molecule has 3 nitrogen and oxygen atoms in total. The van der Waals surface area contributed by atoms with Gasteiger partial charge in [-0.15, -0.1) is 0 Å². The Hall–Kier alpha value is -2.16. The van der Waals surface area contributed by atoms with Crippen molar-refractivity contribution in [2.75, 3.05) is 0 Å². The summed E-state index contributed by atoms with van der Waals surface area (Å²) in [5.41, 5.74) is 1.33. The lowest BCUT2D eigenvalue weighted by Gasteiger charge is -2.01. The molecule has 3 heteroatoms. The lowest BCUT2D eigenvalue weighted by Crippen LogP contribution is -2.23. The highest BCUT2D eigenvalue weighted by Gasteiger charge is 2.02. The van der Waals surface area contributed by atoms with E-state index in [1.807, 2.05) is 36.4 Å². The molecule has 1 aromatic carbocycles. The fourth-order valence-electron chi connectivity index (χ4n) is 1.26. The molecule has 0 heterocycles. The topological polar surface area (TPSA) is 46.2 Å². The summed E-state index contributed by atoms with van der Waals surface area (Å²) in [6, 6.07) is 9.71. The number of Topliss-reactive ketones (excluding diaryl/α,β-unsaturated/α-hetero) is 1.